The Morgan fingerprint density at radius 1 is 1.40 bits per heavy atom. The minimum atomic E-state index is -0.349. The van der Waals surface area contributed by atoms with Crippen LogP contribution in [0.4, 0.5) is 4.39 Å². The number of nitrogens with one attached hydrogen (secondary N) is 2. The minimum absolute atomic E-state index is 0. The van der Waals surface area contributed by atoms with E-state index >= 15 is 0 Å². The molecule has 1 amide bonds. The highest BCUT2D eigenvalue weighted by Gasteiger charge is 2.26. The number of hydrogen-bond donors (Lipinski definition) is 2. The molecule has 1 aromatic carbocycles. The van der Waals surface area contributed by atoms with Crippen molar-refractivity contribution in [3.63, 3.8) is 0 Å². The third kappa shape index (κ3) is 6.43. The molecule has 0 aromatic heterocycles. The molecule has 1 atom stereocenters. The average molecular weight is 391 g/mol. The number of carbonyl (C=O) groups excluding carboxylic acids is 1. The molecule has 1 aromatic rings. The van der Waals surface area contributed by atoms with Gasteiger partial charge in [0.2, 0.25) is 5.91 Å². The summed E-state index contributed by atoms with van der Waals surface area (Å²) < 4.78 is 13.2. The number of benzene rings is 1. The number of hydrogen-bond acceptors (Lipinski definition) is 2. The molecule has 1 saturated heterocycles. The molecular formula is C19H29Cl2FN2O. The van der Waals surface area contributed by atoms with Gasteiger partial charge < -0.3 is 10.6 Å². The van der Waals surface area contributed by atoms with Gasteiger partial charge in [0.15, 0.2) is 0 Å². The standard InChI is InChI=1S/C19H28ClFN2O.ClH/c1-13(14-6-8-22-9-7-14)10-18(24)23-12-19(2,3)16-5-4-15(21)11-17(16)20;/h4-5,11,13-14,22H,6-10,12H2,1-3H3,(H,23,24);1H. The van der Waals surface area contributed by atoms with Gasteiger partial charge in [-0.05, 0) is 55.5 Å². The monoisotopic (exact) mass is 390 g/mol. The summed E-state index contributed by atoms with van der Waals surface area (Å²) in [6, 6.07) is 4.42. The quantitative estimate of drug-likeness (QED) is 0.758. The maximum absolute atomic E-state index is 13.2. The first-order valence-electron chi connectivity index (χ1n) is 8.72. The van der Waals surface area contributed by atoms with E-state index in [0.29, 0.717) is 29.8 Å². The Bertz CT molecular complexity index is 575. The lowest BCUT2D eigenvalue weighted by Crippen LogP contribution is -2.38. The van der Waals surface area contributed by atoms with Crippen LogP contribution in [0.3, 0.4) is 0 Å². The van der Waals surface area contributed by atoms with Crippen LogP contribution in [0.1, 0.15) is 45.6 Å². The maximum atomic E-state index is 13.2. The van der Waals surface area contributed by atoms with Crippen LogP contribution in [-0.2, 0) is 10.2 Å². The summed E-state index contributed by atoms with van der Waals surface area (Å²) in [6.45, 7) is 8.75. The van der Waals surface area contributed by atoms with Crippen molar-refractivity contribution >= 4 is 29.9 Å². The lowest BCUT2D eigenvalue weighted by molar-refractivity contribution is -0.122. The largest absolute Gasteiger partial charge is 0.355 e. The molecule has 1 aliphatic heterocycles. The fraction of sp³-hybridized carbons (Fsp3) is 0.632. The van der Waals surface area contributed by atoms with Crippen LogP contribution in [0.5, 0.6) is 0 Å². The predicted molar refractivity (Wildman–Crippen MR) is 104 cm³/mol. The van der Waals surface area contributed by atoms with Crippen LogP contribution in [0, 0.1) is 17.7 Å². The average Bonchev–Trinajstić information content (AvgIpc) is 2.53. The van der Waals surface area contributed by atoms with Gasteiger partial charge in [-0.1, -0.05) is 38.4 Å². The Labute approximate surface area is 161 Å². The second-order valence-electron chi connectivity index (χ2n) is 7.55. The van der Waals surface area contributed by atoms with Crippen molar-refractivity contribution in [2.45, 2.75) is 45.4 Å². The summed E-state index contributed by atoms with van der Waals surface area (Å²) in [7, 11) is 0. The van der Waals surface area contributed by atoms with Crippen molar-refractivity contribution in [2.24, 2.45) is 11.8 Å². The summed E-state index contributed by atoms with van der Waals surface area (Å²) in [5, 5.41) is 6.78. The van der Waals surface area contributed by atoms with Crippen molar-refractivity contribution in [3.05, 3.63) is 34.6 Å². The first kappa shape index (κ1) is 22.2. The van der Waals surface area contributed by atoms with E-state index in [2.05, 4.69) is 17.6 Å². The van der Waals surface area contributed by atoms with Crippen LogP contribution in [-0.4, -0.2) is 25.5 Å². The number of carbonyl (C=O) groups is 1. The minimum Gasteiger partial charge on any atom is -0.355 e. The molecule has 25 heavy (non-hydrogen) atoms. The van der Waals surface area contributed by atoms with Gasteiger partial charge in [-0.2, -0.15) is 0 Å². The first-order valence-corrected chi connectivity index (χ1v) is 9.10. The van der Waals surface area contributed by atoms with Crippen LogP contribution in [0.15, 0.2) is 18.2 Å². The van der Waals surface area contributed by atoms with Crippen molar-refractivity contribution in [1.29, 1.82) is 0 Å². The highest BCUT2D eigenvalue weighted by Crippen LogP contribution is 2.30. The maximum Gasteiger partial charge on any atom is 0.220 e. The molecule has 1 aliphatic rings. The summed E-state index contributed by atoms with van der Waals surface area (Å²) in [5.74, 6) is 0.743. The molecule has 1 heterocycles. The number of amides is 1. The third-order valence-electron chi connectivity index (χ3n) is 5.08. The highest BCUT2D eigenvalue weighted by molar-refractivity contribution is 6.31. The summed E-state index contributed by atoms with van der Waals surface area (Å²) in [5.41, 5.74) is 0.496. The second kappa shape index (κ2) is 9.75. The van der Waals surface area contributed by atoms with Gasteiger partial charge >= 0.3 is 0 Å². The highest BCUT2D eigenvalue weighted by atomic mass is 35.5. The van der Waals surface area contributed by atoms with Gasteiger partial charge in [0, 0.05) is 23.4 Å². The lowest BCUT2D eigenvalue weighted by Gasteiger charge is -2.29. The van der Waals surface area contributed by atoms with E-state index in [1.807, 2.05) is 13.8 Å². The SMILES string of the molecule is CC(CC(=O)NCC(C)(C)c1ccc(F)cc1Cl)C1CCNCC1.Cl. The molecule has 1 unspecified atom stereocenters. The van der Waals surface area contributed by atoms with Crippen molar-refractivity contribution in [3.8, 4) is 0 Å². The van der Waals surface area contributed by atoms with E-state index in [1.165, 1.54) is 12.1 Å². The van der Waals surface area contributed by atoms with Gasteiger partial charge in [-0.25, -0.2) is 4.39 Å². The zero-order valence-corrected chi connectivity index (χ0v) is 16.8. The second-order valence-corrected chi connectivity index (χ2v) is 7.96. The number of piperidine rings is 1. The summed E-state index contributed by atoms with van der Waals surface area (Å²) in [6.07, 6.45) is 2.84. The van der Waals surface area contributed by atoms with E-state index < -0.39 is 0 Å². The van der Waals surface area contributed by atoms with Crippen LogP contribution in [0.25, 0.3) is 0 Å². The van der Waals surface area contributed by atoms with E-state index in [-0.39, 0.29) is 29.5 Å². The molecule has 142 valence electrons. The van der Waals surface area contributed by atoms with Gasteiger partial charge in [-0.3, -0.25) is 4.79 Å². The topological polar surface area (TPSA) is 41.1 Å². The molecule has 3 nitrogen and oxygen atoms in total. The fourth-order valence-electron chi connectivity index (χ4n) is 3.40. The first-order chi connectivity index (χ1) is 11.3. The normalized spacial score (nSPS) is 16.8. The number of rotatable bonds is 6. The Kier molecular flexibility index (Phi) is 8.66. The van der Waals surface area contributed by atoms with E-state index in [0.717, 1.165) is 31.5 Å². The molecule has 0 radical (unpaired) electrons. The lowest BCUT2D eigenvalue weighted by atomic mass is 9.83. The molecule has 0 bridgehead atoms. The van der Waals surface area contributed by atoms with Crippen molar-refractivity contribution in [2.75, 3.05) is 19.6 Å². The van der Waals surface area contributed by atoms with Crippen LogP contribution < -0.4 is 10.6 Å². The third-order valence-corrected chi connectivity index (χ3v) is 5.40. The van der Waals surface area contributed by atoms with Crippen LogP contribution in [0.2, 0.25) is 5.02 Å². The van der Waals surface area contributed by atoms with E-state index in [9.17, 15) is 9.18 Å². The Balaban J connectivity index is 0.00000312. The fourth-order valence-corrected chi connectivity index (χ4v) is 3.82. The number of halogens is 3. The summed E-state index contributed by atoms with van der Waals surface area (Å²) >= 11 is 6.16. The molecule has 1 fully saturated rings. The van der Waals surface area contributed by atoms with Gasteiger partial charge in [0.25, 0.3) is 0 Å². The molecule has 6 heteroatoms. The molecule has 0 aliphatic carbocycles. The molecule has 0 spiro atoms. The van der Waals surface area contributed by atoms with Gasteiger partial charge in [0.1, 0.15) is 5.82 Å². The zero-order valence-electron chi connectivity index (χ0n) is 15.2. The Morgan fingerprint density at radius 2 is 2.04 bits per heavy atom. The van der Waals surface area contributed by atoms with E-state index in [1.54, 1.807) is 6.07 Å². The van der Waals surface area contributed by atoms with Crippen molar-refractivity contribution < 1.29 is 9.18 Å². The van der Waals surface area contributed by atoms with Gasteiger partial charge in [-0.15, -0.1) is 12.4 Å². The van der Waals surface area contributed by atoms with Crippen molar-refractivity contribution in [1.82, 2.24) is 10.6 Å². The Hall–Kier alpha value is -0.840. The molecule has 2 N–H and O–H groups in total. The molecule has 2 rings (SSSR count). The summed E-state index contributed by atoms with van der Waals surface area (Å²) in [4.78, 5) is 12.3. The smallest absolute Gasteiger partial charge is 0.220 e. The zero-order chi connectivity index (χ0) is 17.7. The predicted octanol–water partition coefficient (Wildman–Crippen LogP) is 4.32. The van der Waals surface area contributed by atoms with Gasteiger partial charge in [0.05, 0.1) is 0 Å². The van der Waals surface area contributed by atoms with Crippen LogP contribution >= 0.6 is 24.0 Å². The van der Waals surface area contributed by atoms with E-state index in [4.69, 9.17) is 11.6 Å². The molecule has 0 saturated carbocycles. The molecular weight excluding hydrogens is 362 g/mol. The Morgan fingerprint density at radius 3 is 2.64 bits per heavy atom.